The SMILES string of the molecule is Cc1cc(=O)n2nc(-c3ccccc3)c(-c3ccccc3)c2n1-c1ccc(O)c([N+](=O)[O-])c1. The smallest absolute Gasteiger partial charge is 0.312 e. The average molecular weight is 438 g/mol. The van der Waals surface area contributed by atoms with E-state index in [1.54, 1.807) is 17.6 Å². The molecule has 8 nitrogen and oxygen atoms in total. The number of phenolic OH excluding ortho intramolecular Hbond substituents is 1. The Morgan fingerprint density at radius 1 is 0.909 bits per heavy atom. The number of hydrogen-bond acceptors (Lipinski definition) is 5. The monoisotopic (exact) mass is 438 g/mol. The lowest BCUT2D eigenvalue weighted by molar-refractivity contribution is -0.385. The van der Waals surface area contributed by atoms with Crippen LogP contribution < -0.4 is 5.56 Å². The third-order valence-corrected chi connectivity index (χ3v) is 5.49. The van der Waals surface area contributed by atoms with Gasteiger partial charge in [-0.3, -0.25) is 19.5 Å². The topological polar surface area (TPSA) is 103 Å². The summed E-state index contributed by atoms with van der Waals surface area (Å²) in [5.74, 6) is -0.430. The van der Waals surface area contributed by atoms with Crippen LogP contribution in [0.15, 0.2) is 89.7 Å². The molecule has 0 saturated carbocycles. The molecule has 1 N–H and O–H groups in total. The summed E-state index contributed by atoms with van der Waals surface area (Å²) < 4.78 is 3.06. The largest absolute Gasteiger partial charge is 0.502 e. The van der Waals surface area contributed by atoms with Crippen molar-refractivity contribution in [2.75, 3.05) is 0 Å². The average Bonchev–Trinajstić information content (AvgIpc) is 3.22. The number of aryl methyl sites for hydroxylation is 1. The Labute approximate surface area is 187 Å². The van der Waals surface area contributed by atoms with Crippen LogP contribution in [0.1, 0.15) is 5.69 Å². The maximum Gasteiger partial charge on any atom is 0.312 e. The molecule has 0 atom stereocenters. The van der Waals surface area contributed by atoms with Gasteiger partial charge in [-0.15, -0.1) is 0 Å². The van der Waals surface area contributed by atoms with Crippen molar-refractivity contribution in [3.05, 3.63) is 111 Å². The minimum Gasteiger partial charge on any atom is -0.502 e. The van der Waals surface area contributed by atoms with Crippen molar-refractivity contribution >= 4 is 11.3 Å². The highest BCUT2D eigenvalue weighted by Crippen LogP contribution is 2.37. The molecule has 33 heavy (non-hydrogen) atoms. The second-order valence-electron chi connectivity index (χ2n) is 7.58. The molecule has 5 aromatic rings. The molecule has 0 aliphatic heterocycles. The number of aromatic nitrogens is 3. The number of nitro groups is 1. The van der Waals surface area contributed by atoms with Crippen LogP contribution in [0.3, 0.4) is 0 Å². The van der Waals surface area contributed by atoms with Gasteiger partial charge < -0.3 is 5.11 Å². The van der Waals surface area contributed by atoms with Crippen molar-refractivity contribution in [2.45, 2.75) is 6.92 Å². The fourth-order valence-electron chi connectivity index (χ4n) is 4.03. The number of fused-ring (bicyclic) bond motifs is 1. The molecule has 0 amide bonds. The standard InChI is InChI=1S/C25H18N4O4/c1-16-14-22(31)28-25(27(16)19-12-13-21(30)20(15-19)29(32)33)23(17-8-4-2-5-9-17)24(26-28)18-10-6-3-7-11-18/h2-15,30H,1H3. The lowest BCUT2D eigenvalue weighted by Gasteiger charge is -2.15. The quantitative estimate of drug-likeness (QED) is 0.322. The van der Waals surface area contributed by atoms with E-state index in [1.165, 1.54) is 22.7 Å². The van der Waals surface area contributed by atoms with Gasteiger partial charge in [0, 0.05) is 23.4 Å². The number of benzene rings is 3. The van der Waals surface area contributed by atoms with E-state index in [9.17, 15) is 20.0 Å². The molecule has 0 aliphatic carbocycles. The molecule has 2 aromatic heterocycles. The first-order valence-corrected chi connectivity index (χ1v) is 10.2. The van der Waals surface area contributed by atoms with Gasteiger partial charge in [0.05, 0.1) is 16.2 Å². The molecule has 3 aromatic carbocycles. The second kappa shape index (κ2) is 7.76. The molecule has 0 unspecified atom stereocenters. The Bertz CT molecular complexity index is 1570. The Morgan fingerprint density at radius 3 is 2.18 bits per heavy atom. The fraction of sp³-hybridized carbons (Fsp3) is 0.0400. The van der Waals surface area contributed by atoms with Gasteiger partial charge in [-0.1, -0.05) is 60.7 Å². The van der Waals surface area contributed by atoms with Gasteiger partial charge in [0.25, 0.3) is 5.56 Å². The predicted molar refractivity (Wildman–Crippen MR) is 125 cm³/mol. The summed E-state index contributed by atoms with van der Waals surface area (Å²) in [4.78, 5) is 23.8. The third-order valence-electron chi connectivity index (χ3n) is 5.49. The van der Waals surface area contributed by atoms with Crippen molar-refractivity contribution in [1.82, 2.24) is 14.2 Å². The fourth-order valence-corrected chi connectivity index (χ4v) is 4.03. The molecular formula is C25H18N4O4. The minimum absolute atomic E-state index is 0.314. The molecule has 5 rings (SSSR count). The second-order valence-corrected chi connectivity index (χ2v) is 7.58. The first kappa shape index (κ1) is 20.2. The Balaban J connectivity index is 1.95. The van der Waals surface area contributed by atoms with Gasteiger partial charge >= 0.3 is 5.69 Å². The summed E-state index contributed by atoms with van der Waals surface area (Å²) in [6.45, 7) is 1.75. The lowest BCUT2D eigenvalue weighted by Crippen LogP contribution is -2.19. The van der Waals surface area contributed by atoms with E-state index < -0.39 is 16.4 Å². The van der Waals surface area contributed by atoms with Crippen LogP contribution in [0.2, 0.25) is 0 Å². The molecule has 0 bridgehead atoms. The predicted octanol–water partition coefficient (Wildman–Crippen LogP) is 4.74. The van der Waals surface area contributed by atoms with Crippen LogP contribution in [0.25, 0.3) is 33.7 Å². The number of aromatic hydroxyl groups is 1. The van der Waals surface area contributed by atoms with E-state index in [1.807, 2.05) is 60.7 Å². The van der Waals surface area contributed by atoms with E-state index in [0.29, 0.717) is 22.7 Å². The van der Waals surface area contributed by atoms with Crippen LogP contribution in [-0.4, -0.2) is 24.2 Å². The van der Waals surface area contributed by atoms with Crippen LogP contribution >= 0.6 is 0 Å². The summed E-state index contributed by atoms with van der Waals surface area (Å²) >= 11 is 0. The molecule has 0 radical (unpaired) electrons. The van der Waals surface area contributed by atoms with Gasteiger partial charge in [-0.2, -0.15) is 9.61 Å². The van der Waals surface area contributed by atoms with E-state index in [2.05, 4.69) is 5.10 Å². The number of rotatable bonds is 4. The summed E-state index contributed by atoms with van der Waals surface area (Å²) in [7, 11) is 0. The highest BCUT2D eigenvalue weighted by Gasteiger charge is 2.23. The summed E-state index contributed by atoms with van der Waals surface area (Å²) in [6, 6.07) is 24.7. The zero-order chi connectivity index (χ0) is 23.1. The summed E-state index contributed by atoms with van der Waals surface area (Å²) in [6.07, 6.45) is 0. The van der Waals surface area contributed by atoms with E-state index in [-0.39, 0.29) is 5.56 Å². The summed E-state index contributed by atoms with van der Waals surface area (Å²) in [5, 5.41) is 26.1. The summed E-state index contributed by atoms with van der Waals surface area (Å²) in [5.41, 5.74) is 3.76. The number of nitrogens with zero attached hydrogens (tertiary/aromatic N) is 4. The van der Waals surface area contributed by atoms with Crippen LogP contribution in [0.4, 0.5) is 5.69 Å². The zero-order valence-electron chi connectivity index (χ0n) is 17.5. The maximum atomic E-state index is 13.0. The van der Waals surface area contributed by atoms with Gasteiger partial charge in [0.15, 0.2) is 11.4 Å². The van der Waals surface area contributed by atoms with Crippen LogP contribution in [-0.2, 0) is 0 Å². The number of phenols is 1. The van der Waals surface area contributed by atoms with Gasteiger partial charge in [-0.05, 0) is 24.6 Å². The highest BCUT2D eigenvalue weighted by molar-refractivity contribution is 5.91. The minimum atomic E-state index is -0.641. The van der Waals surface area contributed by atoms with Crippen molar-refractivity contribution in [2.24, 2.45) is 0 Å². The van der Waals surface area contributed by atoms with Crippen molar-refractivity contribution in [3.8, 4) is 33.8 Å². The number of hydrogen-bond donors (Lipinski definition) is 1. The van der Waals surface area contributed by atoms with Crippen molar-refractivity contribution < 1.29 is 10.0 Å². The number of nitro benzene ring substituents is 1. The Kier molecular flexibility index (Phi) is 4.75. The normalized spacial score (nSPS) is 11.1. The first-order valence-electron chi connectivity index (χ1n) is 10.2. The van der Waals surface area contributed by atoms with Crippen LogP contribution in [0, 0.1) is 17.0 Å². The molecule has 0 fully saturated rings. The van der Waals surface area contributed by atoms with Crippen LogP contribution in [0.5, 0.6) is 5.75 Å². The van der Waals surface area contributed by atoms with E-state index in [0.717, 1.165) is 16.7 Å². The van der Waals surface area contributed by atoms with Gasteiger partial charge in [0.1, 0.15) is 5.69 Å². The lowest BCUT2D eigenvalue weighted by atomic mass is 10.0. The molecule has 0 aliphatic rings. The Hall–Kier alpha value is -4.72. The first-order chi connectivity index (χ1) is 16.0. The van der Waals surface area contributed by atoms with Gasteiger partial charge in [-0.25, -0.2) is 0 Å². The molecule has 0 saturated heterocycles. The zero-order valence-corrected chi connectivity index (χ0v) is 17.5. The Morgan fingerprint density at radius 2 is 1.55 bits per heavy atom. The van der Waals surface area contributed by atoms with Crippen molar-refractivity contribution in [3.63, 3.8) is 0 Å². The van der Waals surface area contributed by atoms with Gasteiger partial charge in [0.2, 0.25) is 0 Å². The molecule has 162 valence electrons. The highest BCUT2D eigenvalue weighted by atomic mass is 16.6. The molecule has 2 heterocycles. The molecular weight excluding hydrogens is 420 g/mol. The molecule has 0 spiro atoms. The van der Waals surface area contributed by atoms with E-state index >= 15 is 0 Å². The molecule has 8 heteroatoms. The maximum absolute atomic E-state index is 13.0. The third kappa shape index (κ3) is 3.34. The van der Waals surface area contributed by atoms with E-state index in [4.69, 9.17) is 0 Å². The van der Waals surface area contributed by atoms with Crippen molar-refractivity contribution in [1.29, 1.82) is 0 Å².